The Kier molecular flexibility index (Phi) is 6.83. The summed E-state index contributed by atoms with van der Waals surface area (Å²) >= 11 is 2.79. The highest BCUT2D eigenvalue weighted by atomic mass is 32.1. The molecule has 0 saturated heterocycles. The van der Waals surface area contributed by atoms with Gasteiger partial charge in [-0.3, -0.25) is 9.59 Å². The molecule has 3 aromatic heterocycles. The predicted octanol–water partition coefficient (Wildman–Crippen LogP) is 4.89. The summed E-state index contributed by atoms with van der Waals surface area (Å²) in [5.41, 5.74) is 1.06. The summed E-state index contributed by atoms with van der Waals surface area (Å²) in [4.78, 5) is 33.8. The molecule has 2 amide bonds. The van der Waals surface area contributed by atoms with Crippen LogP contribution in [-0.4, -0.2) is 21.8 Å². The third-order valence-electron chi connectivity index (χ3n) is 4.11. The van der Waals surface area contributed by atoms with Crippen molar-refractivity contribution in [3.63, 3.8) is 0 Å². The van der Waals surface area contributed by atoms with Crippen LogP contribution in [0.15, 0.2) is 65.5 Å². The lowest BCUT2D eigenvalue weighted by molar-refractivity contribution is -0.116. The molecule has 0 spiro atoms. The van der Waals surface area contributed by atoms with Crippen molar-refractivity contribution in [2.75, 3.05) is 10.6 Å². The third-order valence-corrected chi connectivity index (χ3v) is 5.79. The highest BCUT2D eigenvalue weighted by Crippen LogP contribution is 2.21. The van der Waals surface area contributed by atoms with Gasteiger partial charge in [-0.1, -0.05) is 6.07 Å². The lowest BCUT2D eigenvalue weighted by atomic mass is 10.3. The highest BCUT2D eigenvalue weighted by Gasteiger charge is 2.11. The number of benzene rings is 1. The average Bonchev–Trinajstić information content (AvgIpc) is 3.43. The summed E-state index contributed by atoms with van der Waals surface area (Å²) in [6.45, 7) is 0. The molecule has 0 fully saturated rings. The number of carbonyl (C=O) groups is 2. The van der Waals surface area contributed by atoms with Crippen molar-refractivity contribution < 1.29 is 18.7 Å². The fourth-order valence-electron chi connectivity index (χ4n) is 2.69. The molecule has 4 rings (SSSR count). The molecule has 0 unspecified atom stereocenters. The molecule has 1 aromatic carbocycles. The smallest absolute Gasteiger partial charge is 0.231 e. The number of aromatic nitrogens is 2. The van der Waals surface area contributed by atoms with Crippen LogP contribution in [0.5, 0.6) is 11.6 Å². The van der Waals surface area contributed by atoms with Gasteiger partial charge in [0.1, 0.15) is 11.6 Å². The van der Waals surface area contributed by atoms with Crippen molar-refractivity contribution in [1.82, 2.24) is 9.97 Å². The Labute approximate surface area is 190 Å². The lowest BCUT2D eigenvalue weighted by Gasteiger charge is -2.07. The van der Waals surface area contributed by atoms with Gasteiger partial charge in [0, 0.05) is 16.3 Å². The van der Waals surface area contributed by atoms with Crippen LogP contribution >= 0.6 is 22.7 Å². The van der Waals surface area contributed by atoms with Gasteiger partial charge in [-0.15, -0.1) is 22.7 Å². The van der Waals surface area contributed by atoms with Crippen molar-refractivity contribution in [2.45, 2.75) is 12.8 Å². The molecule has 0 aliphatic carbocycles. The minimum absolute atomic E-state index is 0.0606. The zero-order valence-electron chi connectivity index (χ0n) is 16.6. The van der Waals surface area contributed by atoms with Gasteiger partial charge in [0.2, 0.25) is 17.7 Å². The van der Waals surface area contributed by atoms with E-state index in [4.69, 9.17) is 4.74 Å². The first-order valence-corrected chi connectivity index (χ1v) is 11.3. The molecule has 0 saturated carbocycles. The van der Waals surface area contributed by atoms with Gasteiger partial charge in [0.15, 0.2) is 5.13 Å². The number of pyridine rings is 1. The number of ether oxygens (including phenoxy) is 1. The molecule has 32 heavy (non-hydrogen) atoms. The Morgan fingerprint density at radius 1 is 0.969 bits per heavy atom. The number of halogens is 1. The van der Waals surface area contributed by atoms with Gasteiger partial charge in [0.05, 0.1) is 30.4 Å². The molecule has 10 heteroatoms. The summed E-state index contributed by atoms with van der Waals surface area (Å²) in [6.07, 6.45) is 1.82. The second-order valence-electron chi connectivity index (χ2n) is 6.61. The van der Waals surface area contributed by atoms with Crippen LogP contribution in [0, 0.1) is 5.82 Å². The maximum atomic E-state index is 12.9. The maximum Gasteiger partial charge on any atom is 0.231 e. The summed E-state index contributed by atoms with van der Waals surface area (Å²) in [6, 6.07) is 12.6. The number of rotatable bonds is 8. The summed E-state index contributed by atoms with van der Waals surface area (Å²) in [5.74, 6) is 0.0125. The van der Waals surface area contributed by atoms with E-state index in [0.29, 0.717) is 34.6 Å². The van der Waals surface area contributed by atoms with Gasteiger partial charge >= 0.3 is 0 Å². The molecule has 0 aliphatic heterocycles. The Hall–Kier alpha value is -3.63. The van der Waals surface area contributed by atoms with Crippen molar-refractivity contribution in [2.24, 2.45) is 0 Å². The largest absolute Gasteiger partial charge is 0.439 e. The molecular weight excluding hydrogens is 451 g/mol. The van der Waals surface area contributed by atoms with E-state index < -0.39 is 0 Å². The van der Waals surface area contributed by atoms with E-state index in [2.05, 4.69) is 20.6 Å². The molecule has 0 radical (unpaired) electrons. The fraction of sp³-hybridized carbons (Fsp3) is 0.0909. The Balaban J connectivity index is 1.26. The average molecular weight is 469 g/mol. The first-order chi connectivity index (χ1) is 15.5. The van der Waals surface area contributed by atoms with Crippen LogP contribution in [-0.2, 0) is 22.4 Å². The minimum atomic E-state index is -0.351. The number of amides is 2. The van der Waals surface area contributed by atoms with Crippen LogP contribution in [0.2, 0.25) is 0 Å². The first kappa shape index (κ1) is 21.6. The van der Waals surface area contributed by atoms with Crippen molar-refractivity contribution in [3.8, 4) is 11.6 Å². The van der Waals surface area contributed by atoms with Crippen LogP contribution in [0.25, 0.3) is 0 Å². The molecule has 7 nitrogen and oxygen atoms in total. The van der Waals surface area contributed by atoms with E-state index in [9.17, 15) is 14.0 Å². The number of carbonyl (C=O) groups excluding carboxylic acids is 2. The number of anilines is 2. The molecule has 162 valence electrons. The monoisotopic (exact) mass is 468 g/mol. The van der Waals surface area contributed by atoms with Gasteiger partial charge in [-0.05, 0) is 41.8 Å². The predicted molar refractivity (Wildman–Crippen MR) is 122 cm³/mol. The van der Waals surface area contributed by atoms with Crippen molar-refractivity contribution >= 4 is 45.3 Å². The molecule has 4 aromatic rings. The summed E-state index contributed by atoms with van der Waals surface area (Å²) in [7, 11) is 0. The van der Waals surface area contributed by atoms with E-state index in [1.54, 1.807) is 17.5 Å². The number of hydrogen-bond acceptors (Lipinski definition) is 7. The molecular formula is C22H17FN4O3S2. The standard InChI is InChI=1S/C22H17FN4O3S2/c23-14-3-6-17(7-4-14)30-21-8-5-15(12-24-21)25-19(28)10-16-13-32-22(26-16)27-20(29)11-18-2-1-9-31-18/h1-9,12-13H,10-11H2,(H,25,28)(H,26,27,29). The Morgan fingerprint density at radius 2 is 1.78 bits per heavy atom. The van der Waals surface area contributed by atoms with Crippen LogP contribution in [0.3, 0.4) is 0 Å². The Morgan fingerprint density at radius 3 is 2.50 bits per heavy atom. The maximum absolute atomic E-state index is 12.9. The molecule has 3 heterocycles. The number of nitrogens with one attached hydrogen (secondary N) is 2. The summed E-state index contributed by atoms with van der Waals surface area (Å²) in [5, 5.41) is 9.60. The van der Waals surface area contributed by atoms with Gasteiger partial charge in [0.25, 0.3) is 0 Å². The third kappa shape index (κ3) is 6.19. The fourth-order valence-corrected chi connectivity index (χ4v) is 4.12. The highest BCUT2D eigenvalue weighted by molar-refractivity contribution is 7.14. The number of thiazole rings is 1. The lowest BCUT2D eigenvalue weighted by Crippen LogP contribution is -2.15. The van der Waals surface area contributed by atoms with Crippen LogP contribution in [0.4, 0.5) is 15.2 Å². The van der Waals surface area contributed by atoms with E-state index >= 15 is 0 Å². The molecule has 0 aliphatic rings. The van der Waals surface area contributed by atoms with Gasteiger partial charge < -0.3 is 15.4 Å². The van der Waals surface area contributed by atoms with Gasteiger partial charge in [-0.2, -0.15) is 0 Å². The second kappa shape index (κ2) is 10.1. The van der Waals surface area contributed by atoms with Gasteiger partial charge in [-0.25, -0.2) is 14.4 Å². The Bertz CT molecular complexity index is 1190. The van der Waals surface area contributed by atoms with Crippen molar-refractivity contribution in [3.05, 3.63) is 81.9 Å². The summed E-state index contributed by atoms with van der Waals surface area (Å²) < 4.78 is 18.5. The van der Waals surface area contributed by atoms with E-state index in [0.717, 1.165) is 4.88 Å². The number of thiophene rings is 1. The SMILES string of the molecule is O=C(Cc1csc(NC(=O)Cc2cccs2)n1)Nc1ccc(Oc2ccc(F)cc2)nc1. The minimum Gasteiger partial charge on any atom is -0.439 e. The topological polar surface area (TPSA) is 93.2 Å². The van der Waals surface area contributed by atoms with E-state index in [1.165, 1.54) is 53.1 Å². The first-order valence-electron chi connectivity index (χ1n) is 9.49. The quantitative estimate of drug-likeness (QED) is 0.384. The van der Waals surface area contributed by atoms with Crippen LogP contribution in [0.1, 0.15) is 10.6 Å². The zero-order chi connectivity index (χ0) is 22.3. The molecule has 0 atom stereocenters. The number of nitrogens with zero attached hydrogens (tertiary/aromatic N) is 2. The van der Waals surface area contributed by atoms with E-state index in [1.807, 2.05) is 17.5 Å². The van der Waals surface area contributed by atoms with Crippen molar-refractivity contribution in [1.29, 1.82) is 0 Å². The molecule has 2 N–H and O–H groups in total. The van der Waals surface area contributed by atoms with E-state index in [-0.39, 0.29) is 24.1 Å². The zero-order valence-corrected chi connectivity index (χ0v) is 18.2. The molecule has 0 bridgehead atoms. The normalized spacial score (nSPS) is 10.5. The number of hydrogen-bond donors (Lipinski definition) is 2. The second-order valence-corrected chi connectivity index (χ2v) is 8.50. The van der Waals surface area contributed by atoms with Crippen LogP contribution < -0.4 is 15.4 Å².